The molecule has 1 unspecified atom stereocenters. The molecule has 1 saturated heterocycles. The molecular formula is C13H16N6O4. The van der Waals surface area contributed by atoms with Crippen molar-refractivity contribution in [3.63, 3.8) is 0 Å². The number of carbonyl (C=O) groups excluding carboxylic acids is 2. The summed E-state index contributed by atoms with van der Waals surface area (Å²) in [4.78, 5) is 29.0. The van der Waals surface area contributed by atoms with Gasteiger partial charge in [-0.15, -0.1) is 0 Å². The number of amides is 2. The van der Waals surface area contributed by atoms with Crippen molar-refractivity contribution in [2.75, 3.05) is 18.4 Å². The molecule has 0 radical (unpaired) electrons. The second-order valence-electron chi connectivity index (χ2n) is 5.32. The minimum absolute atomic E-state index is 0.144. The molecule has 23 heavy (non-hydrogen) atoms. The number of hydrogen-bond acceptors (Lipinski definition) is 8. The largest absolute Gasteiger partial charge is 0.363 e. The molecule has 2 amide bonds. The first-order chi connectivity index (χ1) is 11.0. The predicted octanol–water partition coefficient (Wildman–Crippen LogP) is 0.241. The molecule has 2 aromatic rings. The lowest BCUT2D eigenvalue weighted by molar-refractivity contribution is -0.117. The standard InChI is InChI=1S/C13H16N6O4/c1-7-5-9(17-22-7)15-10(20)6-19-4-2-3-8(19)13-16-12(11(14)21)18-23-13/h5,8H,2-4,6H2,1H3,(H2,14,21)(H,15,17,20). The summed E-state index contributed by atoms with van der Waals surface area (Å²) in [7, 11) is 0. The average Bonchev–Trinajstić information content (AvgIpc) is 3.19. The minimum Gasteiger partial charge on any atom is -0.363 e. The van der Waals surface area contributed by atoms with Crippen LogP contribution in [0.4, 0.5) is 5.82 Å². The van der Waals surface area contributed by atoms with Gasteiger partial charge >= 0.3 is 0 Å². The van der Waals surface area contributed by atoms with Crippen LogP contribution in [0.1, 0.15) is 41.2 Å². The Kier molecular flexibility index (Phi) is 4.06. The summed E-state index contributed by atoms with van der Waals surface area (Å²) in [6.07, 6.45) is 1.64. The molecule has 1 atom stereocenters. The van der Waals surface area contributed by atoms with Crippen LogP contribution in [0.15, 0.2) is 15.1 Å². The van der Waals surface area contributed by atoms with E-state index < -0.39 is 5.91 Å². The monoisotopic (exact) mass is 320 g/mol. The molecule has 3 rings (SSSR count). The number of hydrogen-bond donors (Lipinski definition) is 2. The molecule has 0 bridgehead atoms. The van der Waals surface area contributed by atoms with Crippen LogP contribution in [0.2, 0.25) is 0 Å². The third-order valence-corrected chi connectivity index (χ3v) is 3.55. The highest BCUT2D eigenvalue weighted by Crippen LogP contribution is 2.30. The molecule has 1 aliphatic rings. The number of nitrogens with two attached hydrogens (primary N) is 1. The van der Waals surface area contributed by atoms with Gasteiger partial charge in [0.1, 0.15) is 5.76 Å². The first-order valence-corrected chi connectivity index (χ1v) is 7.13. The first kappa shape index (κ1) is 15.2. The maximum Gasteiger partial charge on any atom is 0.290 e. The molecule has 0 saturated carbocycles. The van der Waals surface area contributed by atoms with Crippen LogP contribution in [0.3, 0.4) is 0 Å². The zero-order valence-electron chi connectivity index (χ0n) is 12.5. The minimum atomic E-state index is -0.747. The lowest BCUT2D eigenvalue weighted by atomic mass is 10.2. The molecule has 10 nitrogen and oxygen atoms in total. The summed E-state index contributed by atoms with van der Waals surface area (Å²) in [6.45, 7) is 2.60. The molecule has 122 valence electrons. The number of rotatable bonds is 5. The lowest BCUT2D eigenvalue weighted by Gasteiger charge is -2.20. The second-order valence-corrected chi connectivity index (χ2v) is 5.32. The van der Waals surface area contributed by atoms with Gasteiger partial charge in [0.15, 0.2) is 5.82 Å². The van der Waals surface area contributed by atoms with E-state index in [0.717, 1.165) is 12.8 Å². The fourth-order valence-corrected chi connectivity index (χ4v) is 2.56. The molecule has 0 aliphatic carbocycles. The van der Waals surface area contributed by atoms with Crippen LogP contribution in [0, 0.1) is 6.92 Å². The van der Waals surface area contributed by atoms with Gasteiger partial charge in [0.25, 0.3) is 11.7 Å². The molecule has 0 spiro atoms. The maximum absolute atomic E-state index is 12.1. The summed E-state index contributed by atoms with van der Waals surface area (Å²) < 4.78 is 9.98. The Morgan fingerprint density at radius 1 is 1.43 bits per heavy atom. The van der Waals surface area contributed by atoms with Crippen molar-refractivity contribution in [3.05, 3.63) is 23.5 Å². The van der Waals surface area contributed by atoms with Crippen molar-refractivity contribution >= 4 is 17.6 Å². The van der Waals surface area contributed by atoms with Gasteiger partial charge in [-0.3, -0.25) is 14.5 Å². The average molecular weight is 320 g/mol. The van der Waals surface area contributed by atoms with Gasteiger partial charge in [0.2, 0.25) is 11.8 Å². The van der Waals surface area contributed by atoms with Gasteiger partial charge < -0.3 is 20.1 Å². The Bertz CT molecular complexity index is 724. The molecule has 2 aromatic heterocycles. The van der Waals surface area contributed by atoms with Crippen LogP contribution in [-0.2, 0) is 4.79 Å². The van der Waals surface area contributed by atoms with E-state index in [-0.39, 0.29) is 24.3 Å². The zero-order chi connectivity index (χ0) is 16.4. The highest BCUT2D eigenvalue weighted by Gasteiger charge is 2.32. The molecular weight excluding hydrogens is 304 g/mol. The number of primary amides is 1. The van der Waals surface area contributed by atoms with E-state index in [1.54, 1.807) is 13.0 Å². The molecule has 10 heteroatoms. The number of likely N-dealkylation sites (tertiary alicyclic amines) is 1. The molecule has 3 N–H and O–H groups in total. The highest BCUT2D eigenvalue weighted by atomic mass is 16.5. The van der Waals surface area contributed by atoms with E-state index >= 15 is 0 Å². The van der Waals surface area contributed by atoms with Crippen molar-refractivity contribution in [2.24, 2.45) is 5.73 Å². The topological polar surface area (TPSA) is 140 Å². The van der Waals surface area contributed by atoms with Crippen LogP contribution < -0.4 is 11.1 Å². The van der Waals surface area contributed by atoms with E-state index in [1.165, 1.54) is 0 Å². The van der Waals surface area contributed by atoms with E-state index in [0.29, 0.717) is 24.0 Å². The van der Waals surface area contributed by atoms with Crippen LogP contribution >= 0.6 is 0 Å². The normalized spacial score (nSPS) is 18.2. The van der Waals surface area contributed by atoms with E-state index in [2.05, 4.69) is 20.6 Å². The van der Waals surface area contributed by atoms with Crippen LogP contribution in [-0.4, -0.2) is 45.1 Å². The number of aryl methyl sites for hydroxylation is 1. The van der Waals surface area contributed by atoms with Gasteiger partial charge in [-0.05, 0) is 26.3 Å². The Morgan fingerprint density at radius 2 is 2.26 bits per heavy atom. The maximum atomic E-state index is 12.1. The Morgan fingerprint density at radius 3 is 2.91 bits per heavy atom. The van der Waals surface area contributed by atoms with Crippen molar-refractivity contribution in [2.45, 2.75) is 25.8 Å². The second kappa shape index (κ2) is 6.16. The molecule has 1 aliphatic heterocycles. The number of anilines is 1. The van der Waals surface area contributed by atoms with Crippen LogP contribution in [0.5, 0.6) is 0 Å². The third kappa shape index (κ3) is 3.37. The fourth-order valence-electron chi connectivity index (χ4n) is 2.56. The Labute approximate surface area is 131 Å². The van der Waals surface area contributed by atoms with Gasteiger partial charge in [-0.25, -0.2) is 0 Å². The van der Waals surface area contributed by atoms with Crippen LogP contribution in [0.25, 0.3) is 0 Å². The summed E-state index contributed by atoms with van der Waals surface area (Å²) >= 11 is 0. The molecule has 0 aromatic carbocycles. The molecule has 1 fully saturated rings. The first-order valence-electron chi connectivity index (χ1n) is 7.13. The number of carbonyl (C=O) groups is 2. The smallest absolute Gasteiger partial charge is 0.290 e. The Balaban J connectivity index is 1.64. The predicted molar refractivity (Wildman–Crippen MR) is 76.2 cm³/mol. The van der Waals surface area contributed by atoms with Crippen molar-refractivity contribution in [1.82, 2.24) is 20.2 Å². The van der Waals surface area contributed by atoms with Gasteiger partial charge in [-0.2, -0.15) is 4.98 Å². The van der Waals surface area contributed by atoms with Crippen molar-refractivity contribution in [3.8, 4) is 0 Å². The zero-order valence-corrected chi connectivity index (χ0v) is 12.5. The van der Waals surface area contributed by atoms with Gasteiger partial charge in [0, 0.05) is 6.07 Å². The third-order valence-electron chi connectivity index (χ3n) is 3.55. The highest BCUT2D eigenvalue weighted by molar-refractivity contribution is 5.91. The van der Waals surface area contributed by atoms with Crippen molar-refractivity contribution < 1.29 is 18.6 Å². The summed E-state index contributed by atoms with van der Waals surface area (Å²) in [5.41, 5.74) is 5.11. The number of aromatic nitrogens is 3. The van der Waals surface area contributed by atoms with E-state index in [9.17, 15) is 9.59 Å². The molecule has 3 heterocycles. The summed E-state index contributed by atoms with van der Waals surface area (Å²) in [5, 5.41) is 9.91. The Hall–Kier alpha value is -2.75. The van der Waals surface area contributed by atoms with Gasteiger partial charge in [-0.1, -0.05) is 10.3 Å². The fraction of sp³-hybridized carbons (Fsp3) is 0.462. The summed E-state index contributed by atoms with van der Waals surface area (Å²) in [6, 6.07) is 1.43. The number of nitrogens with zero attached hydrogens (tertiary/aromatic N) is 4. The van der Waals surface area contributed by atoms with E-state index in [1.807, 2.05) is 4.90 Å². The SMILES string of the molecule is Cc1cc(NC(=O)CN2CCCC2c2nc(C(N)=O)no2)no1. The van der Waals surface area contributed by atoms with E-state index in [4.69, 9.17) is 14.8 Å². The number of nitrogens with one attached hydrogen (secondary N) is 1. The van der Waals surface area contributed by atoms with Gasteiger partial charge in [0.05, 0.1) is 12.6 Å². The summed E-state index contributed by atoms with van der Waals surface area (Å²) in [5.74, 6) is 0.153. The lowest BCUT2D eigenvalue weighted by Crippen LogP contribution is -2.33. The quantitative estimate of drug-likeness (QED) is 0.798. The van der Waals surface area contributed by atoms with Crippen molar-refractivity contribution in [1.29, 1.82) is 0 Å².